The first-order valence-corrected chi connectivity index (χ1v) is 7.14. The molecule has 2 N–H and O–H groups in total. The summed E-state index contributed by atoms with van der Waals surface area (Å²) >= 11 is 0. The monoisotopic (exact) mass is 272 g/mol. The van der Waals surface area contributed by atoms with Crippen LogP contribution in [0, 0.1) is 5.92 Å². The zero-order valence-corrected chi connectivity index (χ0v) is 11.7. The molecule has 0 spiro atoms. The van der Waals surface area contributed by atoms with Crippen LogP contribution in [0.3, 0.4) is 0 Å². The molecule has 2 atom stereocenters. The third kappa shape index (κ3) is 2.41. The topological polar surface area (TPSA) is 66.0 Å². The van der Waals surface area contributed by atoms with E-state index in [1.165, 1.54) is 5.56 Å². The molecule has 1 aromatic heterocycles. The van der Waals surface area contributed by atoms with Gasteiger partial charge < -0.3 is 10.5 Å². The molecule has 5 nitrogen and oxygen atoms in total. The van der Waals surface area contributed by atoms with Crippen molar-refractivity contribution in [3.8, 4) is 5.75 Å². The lowest BCUT2D eigenvalue weighted by Gasteiger charge is -2.29. The molecule has 0 fully saturated rings. The predicted molar refractivity (Wildman–Crippen MR) is 76.4 cm³/mol. The molecule has 2 unspecified atom stereocenters. The highest BCUT2D eigenvalue weighted by Crippen LogP contribution is 2.32. The van der Waals surface area contributed by atoms with Gasteiger partial charge in [0.25, 0.3) is 0 Å². The number of hydrogen-bond donors (Lipinski definition) is 1. The van der Waals surface area contributed by atoms with Gasteiger partial charge in [0, 0.05) is 12.5 Å². The first-order valence-electron chi connectivity index (χ1n) is 7.14. The number of benzene rings is 1. The fraction of sp³-hybridized carbons (Fsp3) is 0.467. The molecule has 0 aliphatic carbocycles. The molecule has 5 heteroatoms. The van der Waals surface area contributed by atoms with E-state index in [1.807, 2.05) is 22.9 Å². The fourth-order valence-corrected chi connectivity index (χ4v) is 2.73. The molecule has 0 saturated heterocycles. The van der Waals surface area contributed by atoms with Gasteiger partial charge in [0.2, 0.25) is 0 Å². The standard InChI is InChI=1S/C15H20N4O/c1-2-7-19-13(9-17-18-19)15(16)12-8-11-5-3-4-6-14(11)20-10-12/h3-6,9,12,15H,2,7-8,10,16H2,1H3. The van der Waals surface area contributed by atoms with Crippen LogP contribution in [0.1, 0.15) is 30.6 Å². The summed E-state index contributed by atoms with van der Waals surface area (Å²) in [6.45, 7) is 3.62. The van der Waals surface area contributed by atoms with E-state index in [-0.39, 0.29) is 12.0 Å². The molecule has 0 saturated carbocycles. The number of aryl methyl sites for hydroxylation is 1. The second-order valence-corrected chi connectivity index (χ2v) is 5.29. The highest BCUT2D eigenvalue weighted by Gasteiger charge is 2.28. The van der Waals surface area contributed by atoms with Gasteiger partial charge >= 0.3 is 0 Å². The fourth-order valence-electron chi connectivity index (χ4n) is 2.73. The van der Waals surface area contributed by atoms with Crippen LogP contribution in [0.5, 0.6) is 5.75 Å². The number of hydrogen-bond acceptors (Lipinski definition) is 4. The minimum Gasteiger partial charge on any atom is -0.493 e. The number of fused-ring (bicyclic) bond motifs is 1. The minimum absolute atomic E-state index is 0.0927. The Morgan fingerprint density at radius 3 is 3.15 bits per heavy atom. The zero-order valence-electron chi connectivity index (χ0n) is 11.7. The Morgan fingerprint density at radius 1 is 1.45 bits per heavy atom. The number of nitrogens with zero attached hydrogens (tertiary/aromatic N) is 3. The Labute approximate surface area is 118 Å². The second-order valence-electron chi connectivity index (χ2n) is 5.29. The van der Waals surface area contributed by atoms with E-state index in [9.17, 15) is 0 Å². The summed E-state index contributed by atoms with van der Waals surface area (Å²) in [5.74, 6) is 1.25. The van der Waals surface area contributed by atoms with Crippen molar-refractivity contribution < 1.29 is 4.74 Å². The van der Waals surface area contributed by atoms with Gasteiger partial charge in [-0.25, -0.2) is 4.68 Å². The first-order chi connectivity index (χ1) is 9.79. The van der Waals surface area contributed by atoms with Gasteiger partial charge in [-0.15, -0.1) is 5.10 Å². The quantitative estimate of drug-likeness (QED) is 0.923. The maximum atomic E-state index is 6.42. The highest BCUT2D eigenvalue weighted by atomic mass is 16.5. The lowest BCUT2D eigenvalue weighted by molar-refractivity contribution is 0.196. The van der Waals surface area contributed by atoms with Crippen LogP contribution in [0.25, 0.3) is 0 Å². The lowest BCUT2D eigenvalue weighted by atomic mass is 9.89. The van der Waals surface area contributed by atoms with Gasteiger partial charge in [0.05, 0.1) is 24.5 Å². The van der Waals surface area contributed by atoms with Crippen LogP contribution < -0.4 is 10.5 Å². The van der Waals surface area contributed by atoms with Crippen molar-refractivity contribution in [3.05, 3.63) is 41.7 Å². The summed E-state index contributed by atoms with van der Waals surface area (Å²) < 4.78 is 7.73. The normalized spacial score (nSPS) is 19.2. The number of rotatable bonds is 4. The summed E-state index contributed by atoms with van der Waals surface area (Å²) in [6, 6.07) is 8.07. The highest BCUT2D eigenvalue weighted by molar-refractivity contribution is 5.35. The molecular weight excluding hydrogens is 252 g/mol. The Bertz CT molecular complexity index is 581. The van der Waals surface area contributed by atoms with Crippen molar-refractivity contribution in [2.75, 3.05) is 6.61 Å². The van der Waals surface area contributed by atoms with Gasteiger partial charge in [-0.05, 0) is 24.5 Å². The SMILES string of the molecule is CCCn1nncc1C(N)C1COc2ccccc2C1. The van der Waals surface area contributed by atoms with Gasteiger partial charge in [-0.3, -0.25) is 0 Å². The molecule has 1 aromatic carbocycles. The summed E-state index contributed by atoms with van der Waals surface area (Å²) in [5, 5.41) is 8.11. The van der Waals surface area contributed by atoms with E-state index in [0.29, 0.717) is 6.61 Å². The van der Waals surface area contributed by atoms with Crippen LogP contribution >= 0.6 is 0 Å². The number of para-hydroxylation sites is 1. The summed E-state index contributed by atoms with van der Waals surface area (Å²) in [4.78, 5) is 0. The van der Waals surface area contributed by atoms with Crippen molar-refractivity contribution in [1.82, 2.24) is 15.0 Å². The maximum Gasteiger partial charge on any atom is 0.122 e. The van der Waals surface area contributed by atoms with Crippen molar-refractivity contribution in [2.45, 2.75) is 32.4 Å². The van der Waals surface area contributed by atoms with Gasteiger partial charge in [0.15, 0.2) is 0 Å². The third-order valence-corrected chi connectivity index (χ3v) is 3.84. The summed E-state index contributed by atoms with van der Waals surface area (Å²) in [7, 11) is 0. The van der Waals surface area contributed by atoms with Crippen LogP contribution in [0.15, 0.2) is 30.5 Å². The van der Waals surface area contributed by atoms with E-state index in [0.717, 1.165) is 30.8 Å². The Kier molecular flexibility index (Phi) is 3.69. The Morgan fingerprint density at radius 2 is 2.30 bits per heavy atom. The Hall–Kier alpha value is -1.88. The van der Waals surface area contributed by atoms with Gasteiger partial charge in [-0.2, -0.15) is 0 Å². The summed E-state index contributed by atoms with van der Waals surface area (Å²) in [5.41, 5.74) is 8.65. The van der Waals surface area contributed by atoms with Crippen molar-refractivity contribution in [1.29, 1.82) is 0 Å². The number of nitrogens with two attached hydrogens (primary N) is 1. The molecule has 0 radical (unpaired) electrons. The second kappa shape index (κ2) is 5.63. The molecule has 1 aliphatic rings. The molecule has 20 heavy (non-hydrogen) atoms. The van der Waals surface area contributed by atoms with E-state index in [2.05, 4.69) is 23.3 Å². The molecule has 1 aliphatic heterocycles. The molecule has 2 aromatic rings. The first kappa shape index (κ1) is 13.1. The average Bonchev–Trinajstić information content (AvgIpc) is 2.94. The smallest absolute Gasteiger partial charge is 0.122 e. The van der Waals surface area contributed by atoms with E-state index >= 15 is 0 Å². The van der Waals surface area contributed by atoms with Crippen molar-refractivity contribution in [3.63, 3.8) is 0 Å². The zero-order chi connectivity index (χ0) is 13.9. The average molecular weight is 272 g/mol. The molecule has 3 rings (SSSR count). The van der Waals surface area contributed by atoms with Crippen LogP contribution in [0.2, 0.25) is 0 Å². The predicted octanol–water partition coefficient (Wildman–Crippen LogP) is 1.94. The number of aromatic nitrogens is 3. The van der Waals surface area contributed by atoms with Crippen molar-refractivity contribution >= 4 is 0 Å². The van der Waals surface area contributed by atoms with Crippen LogP contribution in [0.4, 0.5) is 0 Å². The number of ether oxygens (including phenoxy) is 1. The third-order valence-electron chi connectivity index (χ3n) is 3.84. The molecule has 0 amide bonds. The Balaban J connectivity index is 1.78. The van der Waals surface area contributed by atoms with Gasteiger partial charge in [-0.1, -0.05) is 30.3 Å². The van der Waals surface area contributed by atoms with Crippen molar-refractivity contribution in [2.24, 2.45) is 11.7 Å². The maximum absolute atomic E-state index is 6.42. The lowest BCUT2D eigenvalue weighted by Crippen LogP contribution is -2.33. The van der Waals surface area contributed by atoms with E-state index in [4.69, 9.17) is 10.5 Å². The largest absolute Gasteiger partial charge is 0.493 e. The van der Waals surface area contributed by atoms with Crippen LogP contribution in [-0.2, 0) is 13.0 Å². The van der Waals surface area contributed by atoms with Gasteiger partial charge in [0.1, 0.15) is 5.75 Å². The van der Waals surface area contributed by atoms with Crippen LogP contribution in [-0.4, -0.2) is 21.6 Å². The summed E-state index contributed by atoms with van der Waals surface area (Å²) in [6.07, 6.45) is 3.74. The van der Waals surface area contributed by atoms with E-state index in [1.54, 1.807) is 6.20 Å². The molecular formula is C15H20N4O. The molecule has 0 bridgehead atoms. The minimum atomic E-state index is -0.0927. The molecule has 2 heterocycles. The molecule has 106 valence electrons. The van der Waals surface area contributed by atoms with E-state index < -0.39 is 0 Å².